The van der Waals surface area contributed by atoms with Gasteiger partial charge in [0.1, 0.15) is 6.10 Å². The Morgan fingerprint density at radius 1 is 1.26 bits per heavy atom. The highest BCUT2D eigenvalue weighted by Gasteiger charge is 2.44. The van der Waals surface area contributed by atoms with Crippen molar-refractivity contribution in [3.8, 4) is 0 Å². The summed E-state index contributed by atoms with van der Waals surface area (Å²) in [6, 6.07) is 0.902. The van der Waals surface area contributed by atoms with E-state index in [2.05, 4.69) is 11.8 Å². The van der Waals surface area contributed by atoms with Gasteiger partial charge in [0.25, 0.3) is 5.91 Å². The van der Waals surface area contributed by atoms with Crippen LogP contribution >= 0.6 is 12.4 Å². The largest absolute Gasteiger partial charge is 0.364 e. The quantitative estimate of drug-likeness (QED) is 0.838. The molecule has 5 heteroatoms. The summed E-state index contributed by atoms with van der Waals surface area (Å²) in [5.74, 6) is 0.967. The first kappa shape index (κ1) is 15.1. The molecule has 4 nitrogen and oxygen atoms in total. The Balaban J connectivity index is 0.00000133. The highest BCUT2D eigenvalue weighted by atomic mass is 35.5. The van der Waals surface area contributed by atoms with Crippen LogP contribution in [0.2, 0.25) is 0 Å². The van der Waals surface area contributed by atoms with Gasteiger partial charge in [-0.1, -0.05) is 0 Å². The molecule has 0 aromatic rings. The van der Waals surface area contributed by atoms with Crippen LogP contribution in [0.1, 0.15) is 45.4 Å². The predicted molar refractivity (Wildman–Crippen MR) is 76.3 cm³/mol. The van der Waals surface area contributed by atoms with E-state index >= 15 is 0 Å². The highest BCUT2D eigenvalue weighted by Crippen LogP contribution is 2.40. The average Bonchev–Trinajstić information content (AvgIpc) is 3.27. The van der Waals surface area contributed by atoms with Crippen LogP contribution in [-0.4, -0.2) is 41.6 Å². The minimum atomic E-state index is -0.222. The second kappa shape index (κ2) is 5.98. The minimum absolute atomic E-state index is 0. The van der Waals surface area contributed by atoms with Crippen LogP contribution in [0.4, 0.5) is 0 Å². The highest BCUT2D eigenvalue weighted by molar-refractivity contribution is 5.85. The molecule has 3 rings (SSSR count). The molecule has 1 heterocycles. The van der Waals surface area contributed by atoms with Crippen molar-refractivity contribution in [3.63, 3.8) is 0 Å². The Bertz CT molecular complexity index is 331. The topological polar surface area (TPSA) is 55.6 Å². The van der Waals surface area contributed by atoms with E-state index in [0.29, 0.717) is 18.6 Å². The van der Waals surface area contributed by atoms with Gasteiger partial charge in [-0.05, 0) is 51.4 Å². The third-order valence-corrected chi connectivity index (χ3v) is 4.58. The summed E-state index contributed by atoms with van der Waals surface area (Å²) in [6.45, 7) is 2.74. The molecule has 1 aliphatic heterocycles. The maximum absolute atomic E-state index is 12.6. The summed E-state index contributed by atoms with van der Waals surface area (Å²) < 4.78 is 5.77. The normalized spacial score (nSPS) is 31.7. The predicted octanol–water partition coefficient (Wildman–Crippen LogP) is 1.70. The van der Waals surface area contributed by atoms with E-state index < -0.39 is 0 Å². The van der Waals surface area contributed by atoms with Crippen molar-refractivity contribution < 1.29 is 9.53 Å². The zero-order chi connectivity index (χ0) is 12.7. The molecule has 0 aromatic heterocycles. The summed E-state index contributed by atoms with van der Waals surface area (Å²) >= 11 is 0. The van der Waals surface area contributed by atoms with Crippen LogP contribution in [0.25, 0.3) is 0 Å². The Kier molecular flexibility index (Phi) is 4.75. The number of carbonyl (C=O) groups is 1. The van der Waals surface area contributed by atoms with Gasteiger partial charge in [-0.3, -0.25) is 4.79 Å². The number of rotatable bonds is 5. The van der Waals surface area contributed by atoms with Crippen molar-refractivity contribution in [3.05, 3.63) is 0 Å². The van der Waals surface area contributed by atoms with E-state index in [1.54, 1.807) is 0 Å². The number of carbonyl (C=O) groups excluding carboxylic acids is 1. The van der Waals surface area contributed by atoms with Crippen molar-refractivity contribution in [2.75, 3.05) is 6.54 Å². The monoisotopic (exact) mass is 288 g/mol. The number of hydrogen-bond donors (Lipinski definition) is 1. The van der Waals surface area contributed by atoms with Crippen molar-refractivity contribution in [2.45, 2.75) is 69.7 Å². The number of halogens is 1. The minimum Gasteiger partial charge on any atom is -0.364 e. The van der Waals surface area contributed by atoms with Gasteiger partial charge in [-0.25, -0.2) is 0 Å². The number of ether oxygens (including phenoxy) is 1. The zero-order valence-corrected chi connectivity index (χ0v) is 12.4. The molecule has 1 unspecified atom stereocenters. The SMILES string of the molecule is CC(C1CC1)N(C(=O)[C@@H]1CC[C@H](CN)O1)C1CC1.Cl. The molecule has 0 radical (unpaired) electrons. The van der Waals surface area contributed by atoms with Gasteiger partial charge >= 0.3 is 0 Å². The molecule has 0 spiro atoms. The number of nitrogens with zero attached hydrogens (tertiary/aromatic N) is 1. The van der Waals surface area contributed by atoms with Gasteiger partial charge in [0.05, 0.1) is 6.10 Å². The summed E-state index contributed by atoms with van der Waals surface area (Å²) in [5, 5.41) is 0. The second-order valence-corrected chi connectivity index (χ2v) is 6.11. The van der Waals surface area contributed by atoms with E-state index in [9.17, 15) is 4.79 Å². The molecular formula is C14H25ClN2O2. The van der Waals surface area contributed by atoms with Crippen molar-refractivity contribution >= 4 is 18.3 Å². The first-order chi connectivity index (χ1) is 8.70. The molecule has 1 amide bonds. The Morgan fingerprint density at radius 2 is 1.95 bits per heavy atom. The van der Waals surface area contributed by atoms with Crippen LogP contribution in [-0.2, 0) is 9.53 Å². The molecule has 3 fully saturated rings. The first-order valence-electron chi connectivity index (χ1n) is 7.38. The fourth-order valence-corrected chi connectivity index (χ4v) is 3.10. The molecule has 2 saturated carbocycles. The molecule has 19 heavy (non-hydrogen) atoms. The summed E-state index contributed by atoms with van der Waals surface area (Å²) in [5.41, 5.74) is 5.61. The maximum atomic E-state index is 12.6. The van der Waals surface area contributed by atoms with Gasteiger partial charge in [-0.2, -0.15) is 0 Å². The van der Waals surface area contributed by atoms with E-state index in [1.807, 2.05) is 0 Å². The van der Waals surface area contributed by atoms with Crippen molar-refractivity contribution in [1.29, 1.82) is 0 Å². The molecule has 2 N–H and O–H groups in total. The lowest BCUT2D eigenvalue weighted by atomic mass is 10.1. The van der Waals surface area contributed by atoms with Crippen molar-refractivity contribution in [1.82, 2.24) is 4.90 Å². The fraction of sp³-hybridized carbons (Fsp3) is 0.929. The molecule has 3 aliphatic rings. The summed E-state index contributed by atoms with van der Waals surface area (Å²) in [6.07, 6.45) is 6.58. The third kappa shape index (κ3) is 3.23. The van der Waals surface area contributed by atoms with Gasteiger partial charge in [0.2, 0.25) is 0 Å². The van der Waals surface area contributed by atoms with Gasteiger partial charge in [0.15, 0.2) is 0 Å². The number of nitrogens with two attached hydrogens (primary N) is 1. The molecule has 0 bridgehead atoms. The third-order valence-electron chi connectivity index (χ3n) is 4.58. The van der Waals surface area contributed by atoms with E-state index in [-0.39, 0.29) is 30.5 Å². The lowest BCUT2D eigenvalue weighted by Gasteiger charge is -2.31. The first-order valence-corrected chi connectivity index (χ1v) is 7.38. The van der Waals surface area contributed by atoms with Crippen LogP contribution in [0.3, 0.4) is 0 Å². The lowest BCUT2D eigenvalue weighted by molar-refractivity contribution is -0.146. The van der Waals surface area contributed by atoms with Crippen LogP contribution < -0.4 is 5.73 Å². The molecular weight excluding hydrogens is 264 g/mol. The zero-order valence-electron chi connectivity index (χ0n) is 11.6. The van der Waals surface area contributed by atoms with Crippen LogP contribution in [0.5, 0.6) is 0 Å². The van der Waals surface area contributed by atoms with Crippen LogP contribution in [0.15, 0.2) is 0 Å². The second-order valence-electron chi connectivity index (χ2n) is 6.11. The molecule has 110 valence electrons. The van der Waals surface area contributed by atoms with Crippen LogP contribution in [0, 0.1) is 5.92 Å². The Labute approximate surface area is 121 Å². The average molecular weight is 289 g/mol. The lowest BCUT2D eigenvalue weighted by Crippen LogP contribution is -2.47. The Hall–Kier alpha value is -0.320. The fourth-order valence-electron chi connectivity index (χ4n) is 3.10. The molecule has 2 aliphatic carbocycles. The van der Waals surface area contributed by atoms with Gasteiger partial charge < -0.3 is 15.4 Å². The maximum Gasteiger partial charge on any atom is 0.252 e. The van der Waals surface area contributed by atoms with Gasteiger partial charge in [0, 0.05) is 18.6 Å². The van der Waals surface area contributed by atoms with E-state index in [0.717, 1.165) is 18.8 Å². The van der Waals surface area contributed by atoms with Gasteiger partial charge in [-0.15, -0.1) is 12.4 Å². The Morgan fingerprint density at radius 3 is 2.42 bits per heavy atom. The standard InChI is InChI=1S/C14H24N2O2.ClH/c1-9(10-2-3-10)16(11-4-5-11)14(17)13-7-6-12(8-15)18-13;/h9-13H,2-8,15H2,1H3;1H/t9?,12-,13+;/m1./s1. The number of amides is 1. The smallest absolute Gasteiger partial charge is 0.252 e. The molecule has 0 aromatic carbocycles. The van der Waals surface area contributed by atoms with E-state index in [4.69, 9.17) is 10.5 Å². The molecule has 1 saturated heterocycles. The molecule has 3 atom stereocenters. The number of hydrogen-bond acceptors (Lipinski definition) is 3. The summed E-state index contributed by atoms with van der Waals surface area (Å²) in [4.78, 5) is 14.8. The van der Waals surface area contributed by atoms with Crippen molar-refractivity contribution in [2.24, 2.45) is 11.7 Å². The van der Waals surface area contributed by atoms with E-state index in [1.165, 1.54) is 25.7 Å². The summed E-state index contributed by atoms with van der Waals surface area (Å²) in [7, 11) is 0.